The summed E-state index contributed by atoms with van der Waals surface area (Å²) >= 11 is 5.98. The second-order valence-corrected chi connectivity index (χ2v) is 9.03. The van der Waals surface area contributed by atoms with Crippen LogP contribution in [0.2, 0.25) is 5.02 Å². The van der Waals surface area contributed by atoms with Crippen LogP contribution in [0.15, 0.2) is 59.6 Å². The first kappa shape index (κ1) is 21.1. The largest absolute Gasteiger partial charge is 0.505 e. The molecule has 3 aromatic rings. The van der Waals surface area contributed by atoms with Crippen molar-refractivity contribution in [2.24, 2.45) is 0 Å². The Morgan fingerprint density at radius 2 is 1.87 bits per heavy atom. The molecule has 0 bridgehead atoms. The fourth-order valence-corrected chi connectivity index (χ4v) is 4.57. The van der Waals surface area contributed by atoms with E-state index in [0.29, 0.717) is 24.3 Å². The number of likely N-dealkylation sites (tertiary alicyclic amines) is 1. The lowest BCUT2D eigenvalue weighted by Gasteiger charge is -2.31. The zero-order valence-electron chi connectivity index (χ0n) is 16.0. The molecule has 2 N–H and O–H groups in total. The molecule has 1 saturated heterocycles. The van der Waals surface area contributed by atoms with Crippen molar-refractivity contribution in [3.05, 3.63) is 71.1 Å². The van der Waals surface area contributed by atoms with Gasteiger partial charge in [0.15, 0.2) is 11.6 Å². The molecule has 0 saturated carbocycles. The first-order valence-electron chi connectivity index (χ1n) is 9.32. The molecule has 0 unspecified atom stereocenters. The Morgan fingerprint density at radius 1 is 1.16 bits per heavy atom. The number of phenols is 1. The van der Waals surface area contributed by atoms with Gasteiger partial charge in [0.1, 0.15) is 4.90 Å². The summed E-state index contributed by atoms with van der Waals surface area (Å²) in [4.78, 5) is 17.4. The van der Waals surface area contributed by atoms with Crippen LogP contribution in [0.5, 0.6) is 5.75 Å². The van der Waals surface area contributed by atoms with E-state index in [0.717, 1.165) is 18.7 Å². The van der Waals surface area contributed by atoms with Crippen LogP contribution in [0.1, 0.15) is 16.8 Å². The third-order valence-electron chi connectivity index (χ3n) is 4.88. The maximum atomic E-state index is 14.3. The number of aromatic nitrogens is 1. The quantitative estimate of drug-likeness (QED) is 0.600. The van der Waals surface area contributed by atoms with Crippen molar-refractivity contribution < 1.29 is 22.7 Å². The van der Waals surface area contributed by atoms with Gasteiger partial charge in [0.25, 0.3) is 15.9 Å². The highest BCUT2D eigenvalue weighted by Gasteiger charge is 2.28. The molecule has 7 nitrogen and oxygen atoms in total. The molecule has 0 spiro atoms. The van der Waals surface area contributed by atoms with E-state index in [1.165, 1.54) is 17.0 Å². The predicted octanol–water partition coefficient (Wildman–Crippen LogP) is 3.89. The SMILES string of the molecule is O=C(c1cc(Cl)c(O)c(S(=O)(=O)Nc2cc(-c3ccccc3)ncc2F)c1)N1CCC1. The Hall–Kier alpha value is -3.17. The van der Waals surface area contributed by atoms with Gasteiger partial charge in [-0.1, -0.05) is 41.9 Å². The number of pyridine rings is 1. The standard InChI is InChI=1S/C21H17ClFN3O4S/c22-15-9-14(21(28)26-7-4-8-26)10-19(20(15)27)31(29,30)25-18-11-17(24-12-16(18)23)13-5-2-1-3-6-13/h1-3,5-6,9-12,27H,4,7-8H2,(H,24,25). The number of benzene rings is 2. The average Bonchev–Trinajstić information content (AvgIpc) is 2.70. The topological polar surface area (TPSA) is 99.6 Å². The monoisotopic (exact) mass is 461 g/mol. The van der Waals surface area contributed by atoms with Crippen molar-refractivity contribution in [3.63, 3.8) is 0 Å². The number of carbonyl (C=O) groups excluding carboxylic acids is 1. The molecule has 1 amide bonds. The molecule has 1 aliphatic rings. The van der Waals surface area contributed by atoms with Gasteiger partial charge in [0, 0.05) is 24.2 Å². The van der Waals surface area contributed by atoms with Gasteiger partial charge >= 0.3 is 0 Å². The summed E-state index contributed by atoms with van der Waals surface area (Å²) in [5.74, 6) is -2.03. The van der Waals surface area contributed by atoms with Gasteiger partial charge in [-0.3, -0.25) is 14.5 Å². The summed E-state index contributed by atoms with van der Waals surface area (Å²) < 4.78 is 42.4. The number of nitrogens with one attached hydrogen (secondary N) is 1. The molecular formula is C21H17ClFN3O4S. The normalized spacial score (nSPS) is 13.5. The van der Waals surface area contributed by atoms with Gasteiger partial charge in [-0.15, -0.1) is 0 Å². The zero-order chi connectivity index (χ0) is 22.2. The average molecular weight is 462 g/mol. The summed E-state index contributed by atoms with van der Waals surface area (Å²) in [7, 11) is -4.48. The molecule has 2 aromatic carbocycles. The van der Waals surface area contributed by atoms with Crippen molar-refractivity contribution in [1.29, 1.82) is 0 Å². The molecule has 160 valence electrons. The van der Waals surface area contributed by atoms with Gasteiger partial charge in [-0.25, -0.2) is 12.8 Å². The molecule has 1 fully saturated rings. The molecule has 10 heteroatoms. The minimum absolute atomic E-state index is 0.0167. The first-order chi connectivity index (χ1) is 14.8. The number of anilines is 1. The molecule has 0 radical (unpaired) electrons. The van der Waals surface area contributed by atoms with E-state index in [1.54, 1.807) is 30.3 Å². The second kappa shape index (κ2) is 8.16. The number of nitrogens with zero attached hydrogens (tertiary/aromatic N) is 2. The Kier molecular flexibility index (Phi) is 5.55. The van der Waals surface area contributed by atoms with Crippen LogP contribution >= 0.6 is 11.6 Å². The number of halogens is 2. The van der Waals surface area contributed by atoms with Crippen LogP contribution in [0.4, 0.5) is 10.1 Å². The number of amides is 1. The fraction of sp³-hybridized carbons (Fsp3) is 0.143. The predicted molar refractivity (Wildman–Crippen MR) is 114 cm³/mol. The van der Waals surface area contributed by atoms with Crippen LogP contribution < -0.4 is 4.72 Å². The van der Waals surface area contributed by atoms with Crippen molar-refractivity contribution in [3.8, 4) is 17.0 Å². The summed E-state index contributed by atoms with van der Waals surface area (Å²) in [6.07, 6.45) is 1.76. The van der Waals surface area contributed by atoms with Crippen molar-refractivity contribution in [2.45, 2.75) is 11.3 Å². The lowest BCUT2D eigenvalue weighted by molar-refractivity contribution is 0.0651. The molecular weight excluding hydrogens is 445 g/mol. The van der Waals surface area contributed by atoms with E-state index >= 15 is 0 Å². The number of hydrogen-bond acceptors (Lipinski definition) is 5. The number of rotatable bonds is 5. The van der Waals surface area contributed by atoms with Crippen LogP contribution in [0.25, 0.3) is 11.3 Å². The molecule has 0 aliphatic carbocycles. The Labute approximate surface area is 183 Å². The van der Waals surface area contributed by atoms with E-state index in [2.05, 4.69) is 9.71 Å². The van der Waals surface area contributed by atoms with Gasteiger partial charge in [0.05, 0.1) is 22.6 Å². The Morgan fingerprint density at radius 3 is 2.52 bits per heavy atom. The third-order valence-corrected chi connectivity index (χ3v) is 6.54. The van der Waals surface area contributed by atoms with E-state index in [-0.39, 0.29) is 16.3 Å². The van der Waals surface area contributed by atoms with E-state index < -0.39 is 32.4 Å². The van der Waals surface area contributed by atoms with Gasteiger partial charge in [-0.2, -0.15) is 0 Å². The third kappa shape index (κ3) is 4.19. The van der Waals surface area contributed by atoms with E-state index in [9.17, 15) is 22.7 Å². The van der Waals surface area contributed by atoms with Crippen LogP contribution in [0, 0.1) is 5.82 Å². The Balaban J connectivity index is 1.71. The number of hydrogen-bond donors (Lipinski definition) is 2. The van der Waals surface area contributed by atoms with Crippen LogP contribution in [-0.2, 0) is 10.0 Å². The van der Waals surface area contributed by atoms with Gasteiger partial charge < -0.3 is 10.0 Å². The molecule has 2 heterocycles. The summed E-state index contributed by atoms with van der Waals surface area (Å²) in [5, 5.41) is 9.95. The van der Waals surface area contributed by atoms with Crippen LogP contribution in [0.3, 0.4) is 0 Å². The summed E-state index contributed by atoms with van der Waals surface area (Å²) in [5.41, 5.74) is 0.673. The van der Waals surface area contributed by atoms with Crippen LogP contribution in [-0.4, -0.2) is 42.4 Å². The highest BCUT2D eigenvalue weighted by atomic mass is 35.5. The molecule has 31 heavy (non-hydrogen) atoms. The highest BCUT2D eigenvalue weighted by molar-refractivity contribution is 7.92. The summed E-state index contributed by atoms with van der Waals surface area (Å²) in [6.45, 7) is 1.12. The molecule has 1 aromatic heterocycles. The van der Waals surface area contributed by atoms with E-state index in [1.807, 2.05) is 0 Å². The Bertz CT molecular complexity index is 1270. The first-order valence-corrected chi connectivity index (χ1v) is 11.2. The lowest BCUT2D eigenvalue weighted by atomic mass is 10.1. The second-order valence-electron chi connectivity index (χ2n) is 6.97. The number of aromatic hydroxyl groups is 1. The maximum absolute atomic E-state index is 14.3. The number of phenolic OH excluding ortho intramolecular Hbond substituents is 1. The van der Waals surface area contributed by atoms with Gasteiger partial charge in [-0.05, 0) is 24.6 Å². The summed E-state index contributed by atoms with van der Waals surface area (Å²) in [6, 6.07) is 12.3. The van der Waals surface area contributed by atoms with Crippen molar-refractivity contribution in [1.82, 2.24) is 9.88 Å². The lowest BCUT2D eigenvalue weighted by Crippen LogP contribution is -2.42. The van der Waals surface area contributed by atoms with Crippen molar-refractivity contribution >= 4 is 33.2 Å². The number of carbonyl (C=O) groups is 1. The molecule has 0 atom stereocenters. The molecule has 1 aliphatic heterocycles. The fourth-order valence-electron chi connectivity index (χ4n) is 3.09. The van der Waals surface area contributed by atoms with Crippen molar-refractivity contribution in [2.75, 3.05) is 17.8 Å². The number of sulfonamides is 1. The van der Waals surface area contributed by atoms with Gasteiger partial charge in [0.2, 0.25) is 0 Å². The maximum Gasteiger partial charge on any atom is 0.265 e. The zero-order valence-corrected chi connectivity index (χ0v) is 17.6. The smallest absolute Gasteiger partial charge is 0.265 e. The highest BCUT2D eigenvalue weighted by Crippen LogP contribution is 2.35. The molecule has 4 rings (SSSR count). The minimum Gasteiger partial charge on any atom is -0.505 e. The minimum atomic E-state index is -4.48. The van der Waals surface area contributed by atoms with E-state index in [4.69, 9.17) is 11.6 Å².